The highest BCUT2D eigenvalue weighted by atomic mass is 16.3. The van der Waals surface area contributed by atoms with Crippen molar-refractivity contribution >= 4 is 34.4 Å². The summed E-state index contributed by atoms with van der Waals surface area (Å²) >= 11 is 0. The minimum atomic E-state index is -0.349. The van der Waals surface area contributed by atoms with Crippen LogP contribution >= 0.6 is 0 Å². The molecule has 1 aliphatic carbocycles. The Morgan fingerprint density at radius 3 is 2.53 bits per heavy atom. The molecule has 0 spiro atoms. The second kappa shape index (κ2) is 8.44. The number of pyridine rings is 1. The van der Waals surface area contributed by atoms with Gasteiger partial charge < -0.3 is 19.6 Å². The first-order chi connectivity index (χ1) is 16.7. The lowest BCUT2D eigenvalue weighted by Gasteiger charge is -2.10. The van der Waals surface area contributed by atoms with Crippen molar-refractivity contribution in [3.63, 3.8) is 0 Å². The van der Waals surface area contributed by atoms with Crippen LogP contribution < -0.4 is 10.6 Å². The van der Waals surface area contributed by atoms with Crippen molar-refractivity contribution in [2.24, 2.45) is 0 Å². The highest BCUT2D eigenvalue weighted by molar-refractivity contribution is 6.11. The fourth-order valence-electron chi connectivity index (χ4n) is 4.54. The van der Waals surface area contributed by atoms with E-state index < -0.39 is 0 Å². The van der Waals surface area contributed by atoms with Crippen LogP contribution in [0, 0.1) is 0 Å². The Balaban J connectivity index is 1.30. The number of fused-ring (bicyclic) bond motifs is 3. The van der Waals surface area contributed by atoms with Crippen molar-refractivity contribution in [3.05, 3.63) is 71.6 Å². The number of imidazole rings is 1. The summed E-state index contributed by atoms with van der Waals surface area (Å²) in [5.41, 5.74) is 4.17. The molecule has 172 valence electrons. The van der Waals surface area contributed by atoms with Crippen LogP contribution in [0.2, 0.25) is 0 Å². The molecule has 2 amide bonds. The molecule has 1 fully saturated rings. The maximum absolute atomic E-state index is 13.4. The molecule has 34 heavy (non-hydrogen) atoms. The fraction of sp³-hybridized carbons (Fsp3) is 0.308. The van der Waals surface area contributed by atoms with Gasteiger partial charge in [-0.2, -0.15) is 0 Å². The van der Waals surface area contributed by atoms with Crippen LogP contribution in [0.15, 0.2) is 53.1 Å². The predicted molar refractivity (Wildman–Crippen MR) is 128 cm³/mol. The van der Waals surface area contributed by atoms with Crippen LogP contribution in [0.25, 0.3) is 11.2 Å². The largest absolute Gasteiger partial charge is 0.459 e. The number of amides is 2. The molecule has 0 saturated heterocycles. The van der Waals surface area contributed by atoms with Gasteiger partial charge in [-0.1, -0.05) is 12.5 Å². The molecular weight excluding hydrogens is 430 g/mol. The second-order valence-corrected chi connectivity index (χ2v) is 9.00. The number of benzene rings is 1. The Kier molecular flexibility index (Phi) is 5.13. The summed E-state index contributed by atoms with van der Waals surface area (Å²) in [5, 5.41) is 5.78. The zero-order chi connectivity index (χ0) is 23.1. The smallest absolute Gasteiger partial charge is 0.291 e. The molecule has 1 aliphatic heterocycles. The average molecular weight is 456 g/mol. The van der Waals surface area contributed by atoms with Gasteiger partial charge in [-0.3, -0.25) is 9.59 Å². The van der Waals surface area contributed by atoms with Crippen LogP contribution in [0.1, 0.15) is 70.5 Å². The van der Waals surface area contributed by atoms with E-state index in [0.29, 0.717) is 28.4 Å². The fourth-order valence-corrected chi connectivity index (χ4v) is 4.54. The third-order valence-electron chi connectivity index (χ3n) is 6.45. The van der Waals surface area contributed by atoms with Gasteiger partial charge in [0.25, 0.3) is 11.8 Å². The Morgan fingerprint density at radius 1 is 0.941 bits per heavy atom. The lowest BCUT2D eigenvalue weighted by atomic mass is 10.1. The molecule has 3 aromatic heterocycles. The number of anilines is 2. The number of hydrogen-bond donors (Lipinski definition) is 2. The van der Waals surface area contributed by atoms with E-state index in [4.69, 9.17) is 14.4 Å². The van der Waals surface area contributed by atoms with E-state index in [1.165, 1.54) is 12.7 Å². The van der Waals surface area contributed by atoms with Gasteiger partial charge in [0.1, 0.15) is 11.3 Å². The van der Waals surface area contributed by atoms with Gasteiger partial charge >= 0.3 is 0 Å². The van der Waals surface area contributed by atoms with E-state index in [2.05, 4.69) is 15.2 Å². The van der Waals surface area contributed by atoms with Crippen LogP contribution in [0.3, 0.4) is 0 Å². The number of carbonyl (C=O) groups is 2. The predicted octanol–water partition coefficient (Wildman–Crippen LogP) is 5.13. The molecule has 0 atom stereocenters. The summed E-state index contributed by atoms with van der Waals surface area (Å²) in [4.78, 5) is 35.5. The third kappa shape index (κ3) is 3.96. The van der Waals surface area contributed by atoms with Gasteiger partial charge in [-0.05, 0) is 62.1 Å². The van der Waals surface area contributed by atoms with Crippen molar-refractivity contribution in [1.29, 1.82) is 0 Å². The lowest BCUT2D eigenvalue weighted by molar-refractivity contribution is 0.0995. The summed E-state index contributed by atoms with van der Waals surface area (Å²) in [6.07, 6.45) is 7.98. The van der Waals surface area contributed by atoms with Crippen molar-refractivity contribution in [1.82, 2.24) is 14.5 Å². The van der Waals surface area contributed by atoms with Gasteiger partial charge in [-0.15, -0.1) is 0 Å². The van der Waals surface area contributed by atoms with Gasteiger partial charge in [0.05, 0.1) is 11.8 Å². The first kappa shape index (κ1) is 20.7. The molecular formula is C26H25N5O3. The summed E-state index contributed by atoms with van der Waals surface area (Å²) in [6, 6.07) is 12.2. The molecule has 1 aromatic carbocycles. The highest BCUT2D eigenvalue weighted by Crippen LogP contribution is 2.40. The van der Waals surface area contributed by atoms with Crippen LogP contribution in [-0.4, -0.2) is 26.3 Å². The highest BCUT2D eigenvalue weighted by Gasteiger charge is 2.29. The molecule has 2 aliphatic rings. The molecule has 8 nitrogen and oxygen atoms in total. The molecule has 0 bridgehead atoms. The maximum Gasteiger partial charge on any atom is 0.291 e. The topological polar surface area (TPSA) is 102 Å². The van der Waals surface area contributed by atoms with Gasteiger partial charge in [0.15, 0.2) is 11.4 Å². The molecule has 0 radical (unpaired) electrons. The molecule has 1 saturated carbocycles. The summed E-state index contributed by atoms with van der Waals surface area (Å²) in [5.74, 6) is 1.09. The number of nitrogens with zero attached hydrogens (tertiary/aromatic N) is 3. The van der Waals surface area contributed by atoms with E-state index in [1.54, 1.807) is 36.4 Å². The monoisotopic (exact) mass is 455 g/mol. The Bertz CT molecular complexity index is 1390. The molecule has 6 rings (SSSR count). The zero-order valence-electron chi connectivity index (χ0n) is 18.7. The summed E-state index contributed by atoms with van der Waals surface area (Å²) in [6.45, 7) is 0.894. The van der Waals surface area contributed by atoms with Crippen molar-refractivity contribution in [3.8, 4) is 0 Å². The maximum atomic E-state index is 13.4. The molecule has 4 heterocycles. The van der Waals surface area contributed by atoms with Crippen LogP contribution in [0.4, 0.5) is 11.4 Å². The van der Waals surface area contributed by atoms with E-state index in [1.807, 2.05) is 6.07 Å². The van der Waals surface area contributed by atoms with Crippen LogP contribution in [0.5, 0.6) is 0 Å². The SMILES string of the molecule is O=C(Nc1cccc(NC(=O)c2cc(C3CC3)nc3c2nc2n3CCCCC2)c1)c1ccco1. The lowest BCUT2D eigenvalue weighted by Crippen LogP contribution is -2.15. The number of furan rings is 1. The zero-order valence-corrected chi connectivity index (χ0v) is 18.7. The average Bonchev–Trinajstić information content (AvgIpc) is 3.50. The molecule has 0 unspecified atom stereocenters. The molecule has 2 N–H and O–H groups in total. The Labute approximate surface area is 196 Å². The summed E-state index contributed by atoms with van der Waals surface area (Å²) < 4.78 is 7.35. The number of aryl methyl sites for hydroxylation is 2. The van der Waals surface area contributed by atoms with E-state index >= 15 is 0 Å². The third-order valence-corrected chi connectivity index (χ3v) is 6.45. The van der Waals surface area contributed by atoms with E-state index in [-0.39, 0.29) is 17.6 Å². The minimum Gasteiger partial charge on any atom is -0.459 e. The number of hydrogen-bond acceptors (Lipinski definition) is 5. The van der Waals surface area contributed by atoms with E-state index in [9.17, 15) is 9.59 Å². The van der Waals surface area contributed by atoms with Crippen molar-refractivity contribution < 1.29 is 14.0 Å². The van der Waals surface area contributed by atoms with Crippen LogP contribution in [-0.2, 0) is 13.0 Å². The standard InChI is InChI=1S/C26H25N5O3/c32-25(27-17-6-4-7-18(14-17)28-26(33)21-8-5-13-34-21)19-15-20(16-10-11-16)29-24-23(19)30-22-9-2-1-3-12-31(22)24/h4-8,13-16H,1-3,9-12H2,(H,27,32)(H,28,33). The van der Waals surface area contributed by atoms with Crippen molar-refractivity contribution in [2.75, 3.05) is 10.6 Å². The second-order valence-electron chi connectivity index (χ2n) is 9.00. The number of rotatable bonds is 5. The first-order valence-electron chi connectivity index (χ1n) is 11.8. The minimum absolute atomic E-state index is 0.223. The summed E-state index contributed by atoms with van der Waals surface area (Å²) in [7, 11) is 0. The number of nitrogens with one attached hydrogen (secondary N) is 2. The number of carbonyl (C=O) groups excluding carboxylic acids is 2. The Hall–Kier alpha value is -3.94. The molecule has 4 aromatic rings. The van der Waals surface area contributed by atoms with Gasteiger partial charge in [0, 0.05) is 36.0 Å². The number of aromatic nitrogens is 3. The van der Waals surface area contributed by atoms with Gasteiger partial charge in [0.2, 0.25) is 0 Å². The van der Waals surface area contributed by atoms with E-state index in [0.717, 1.165) is 55.8 Å². The first-order valence-corrected chi connectivity index (χ1v) is 11.8. The molecule has 8 heteroatoms. The normalized spacial score (nSPS) is 15.5. The Morgan fingerprint density at radius 2 is 1.76 bits per heavy atom. The quantitative estimate of drug-likeness (QED) is 0.434. The van der Waals surface area contributed by atoms with Crippen molar-refractivity contribution in [2.45, 2.75) is 51.0 Å². The van der Waals surface area contributed by atoms with Gasteiger partial charge in [-0.25, -0.2) is 9.97 Å².